The molecule has 0 saturated carbocycles. The lowest BCUT2D eigenvalue weighted by Crippen LogP contribution is -2.43. The van der Waals surface area contributed by atoms with Crippen molar-refractivity contribution in [1.29, 1.82) is 0 Å². The lowest BCUT2D eigenvalue weighted by Gasteiger charge is -2.23. The van der Waals surface area contributed by atoms with Crippen LogP contribution in [0.1, 0.15) is 19.3 Å². The Morgan fingerprint density at radius 1 is 1.31 bits per heavy atom. The van der Waals surface area contributed by atoms with Gasteiger partial charge < -0.3 is 20.9 Å². The molecule has 2 fully saturated rings. The third-order valence-electron chi connectivity index (χ3n) is 5.17. The maximum absolute atomic E-state index is 14.6. The Bertz CT molecular complexity index is 863. The van der Waals surface area contributed by atoms with E-state index in [-0.39, 0.29) is 43.1 Å². The summed E-state index contributed by atoms with van der Waals surface area (Å²) in [6.45, 7) is 0.0386. The van der Waals surface area contributed by atoms with Gasteiger partial charge in [-0.1, -0.05) is 0 Å². The van der Waals surface area contributed by atoms with Crippen molar-refractivity contribution in [2.45, 2.75) is 37.5 Å². The standard InChI is InChI=1S/C18H21FN4O6/c1-29-10-7-14(22(8-10)18(27)28)17(26)21-12-3-2-9(6-11(12)19)23-13(16(20)25)4-5-15(23)24/h2-3,6,10,13-14H,4-5,7-8H2,1H3,(H2,20,25)(H,21,26)(H,27,28). The molecule has 1 aromatic carbocycles. The van der Waals surface area contributed by atoms with Gasteiger partial charge in [0.15, 0.2) is 0 Å². The van der Waals surface area contributed by atoms with Crippen LogP contribution in [0.25, 0.3) is 0 Å². The highest BCUT2D eigenvalue weighted by atomic mass is 19.1. The van der Waals surface area contributed by atoms with Crippen molar-refractivity contribution < 1.29 is 33.4 Å². The Kier molecular flexibility index (Phi) is 5.69. The zero-order valence-electron chi connectivity index (χ0n) is 15.6. The molecule has 3 unspecified atom stereocenters. The second-order valence-corrected chi connectivity index (χ2v) is 6.92. The first kappa shape index (κ1) is 20.5. The maximum atomic E-state index is 14.6. The van der Waals surface area contributed by atoms with Crippen molar-refractivity contribution in [2.75, 3.05) is 23.9 Å². The van der Waals surface area contributed by atoms with Gasteiger partial charge >= 0.3 is 6.09 Å². The van der Waals surface area contributed by atoms with Crippen molar-refractivity contribution in [3.8, 4) is 0 Å². The van der Waals surface area contributed by atoms with Crippen molar-refractivity contribution in [3.05, 3.63) is 24.0 Å². The number of rotatable bonds is 5. The molecule has 0 aliphatic carbocycles. The zero-order valence-corrected chi connectivity index (χ0v) is 15.6. The van der Waals surface area contributed by atoms with E-state index in [0.29, 0.717) is 0 Å². The zero-order chi connectivity index (χ0) is 21.3. The largest absolute Gasteiger partial charge is 0.465 e. The second-order valence-electron chi connectivity index (χ2n) is 6.92. The number of likely N-dealkylation sites (tertiary alicyclic amines) is 1. The number of primary amides is 1. The number of anilines is 2. The van der Waals surface area contributed by atoms with Crippen molar-refractivity contribution in [2.24, 2.45) is 5.73 Å². The highest BCUT2D eigenvalue weighted by molar-refractivity contribution is 6.04. The van der Waals surface area contributed by atoms with E-state index in [1.54, 1.807) is 0 Å². The Hall–Kier alpha value is -3.21. The molecule has 3 atom stereocenters. The number of carbonyl (C=O) groups is 4. The molecule has 0 radical (unpaired) electrons. The van der Waals surface area contributed by atoms with Gasteiger partial charge in [0, 0.05) is 25.6 Å². The van der Waals surface area contributed by atoms with Gasteiger partial charge in [0.2, 0.25) is 17.7 Å². The second kappa shape index (κ2) is 8.03. The van der Waals surface area contributed by atoms with E-state index in [1.807, 2.05) is 0 Å². The van der Waals surface area contributed by atoms with Gasteiger partial charge in [-0.05, 0) is 24.6 Å². The Morgan fingerprint density at radius 3 is 2.62 bits per heavy atom. The fourth-order valence-electron chi connectivity index (χ4n) is 3.68. The molecule has 2 saturated heterocycles. The molecular weight excluding hydrogens is 387 g/mol. The summed E-state index contributed by atoms with van der Waals surface area (Å²) >= 11 is 0. The van der Waals surface area contributed by atoms with E-state index in [4.69, 9.17) is 10.5 Å². The summed E-state index contributed by atoms with van der Waals surface area (Å²) < 4.78 is 19.7. The highest BCUT2D eigenvalue weighted by Crippen LogP contribution is 2.30. The number of nitrogens with zero attached hydrogens (tertiary/aromatic N) is 2. The SMILES string of the molecule is COC1CC(C(=O)Nc2ccc(N3C(=O)CCC3C(N)=O)cc2F)N(C(=O)O)C1. The first-order chi connectivity index (χ1) is 13.7. The quantitative estimate of drug-likeness (QED) is 0.648. The molecule has 10 nitrogen and oxygen atoms in total. The Balaban J connectivity index is 1.77. The number of benzene rings is 1. The van der Waals surface area contributed by atoms with E-state index in [1.165, 1.54) is 19.2 Å². The summed E-state index contributed by atoms with van der Waals surface area (Å²) in [5, 5.41) is 11.6. The van der Waals surface area contributed by atoms with Crippen LogP contribution in [0.5, 0.6) is 0 Å². The molecule has 0 spiro atoms. The fraction of sp³-hybridized carbons (Fsp3) is 0.444. The van der Waals surface area contributed by atoms with Gasteiger partial charge in [0.1, 0.15) is 17.9 Å². The average molecular weight is 408 g/mol. The number of carbonyl (C=O) groups excluding carboxylic acids is 3. The van der Waals surface area contributed by atoms with Gasteiger partial charge in [-0.15, -0.1) is 0 Å². The number of halogens is 1. The molecule has 2 heterocycles. The average Bonchev–Trinajstić information content (AvgIpc) is 3.27. The van der Waals surface area contributed by atoms with E-state index in [2.05, 4.69) is 5.32 Å². The number of hydrogen-bond donors (Lipinski definition) is 3. The molecule has 29 heavy (non-hydrogen) atoms. The fourth-order valence-corrected chi connectivity index (χ4v) is 3.68. The number of hydrogen-bond acceptors (Lipinski definition) is 5. The lowest BCUT2D eigenvalue weighted by molar-refractivity contribution is -0.121. The molecule has 1 aromatic rings. The van der Waals surface area contributed by atoms with Crippen LogP contribution in [-0.4, -0.2) is 65.7 Å². The molecule has 0 aromatic heterocycles. The maximum Gasteiger partial charge on any atom is 0.408 e. The Labute approximate surface area is 165 Å². The molecule has 4 N–H and O–H groups in total. The number of nitrogens with two attached hydrogens (primary N) is 1. The number of methoxy groups -OCH3 is 1. The van der Waals surface area contributed by atoms with Crippen LogP contribution in [0.2, 0.25) is 0 Å². The molecule has 3 rings (SSSR count). The Morgan fingerprint density at radius 2 is 2.03 bits per heavy atom. The minimum Gasteiger partial charge on any atom is -0.465 e. The third-order valence-corrected chi connectivity index (χ3v) is 5.17. The van der Waals surface area contributed by atoms with Crippen LogP contribution in [0.3, 0.4) is 0 Å². The van der Waals surface area contributed by atoms with E-state index in [0.717, 1.165) is 15.9 Å². The first-order valence-electron chi connectivity index (χ1n) is 8.97. The monoisotopic (exact) mass is 408 g/mol. The number of ether oxygens (including phenoxy) is 1. The van der Waals surface area contributed by atoms with Gasteiger partial charge in [-0.2, -0.15) is 0 Å². The van der Waals surface area contributed by atoms with Crippen LogP contribution < -0.4 is 16.0 Å². The number of carboxylic acid groups (broad SMARTS) is 1. The molecule has 4 amide bonds. The normalized spacial score (nSPS) is 24.1. The number of nitrogens with one attached hydrogen (secondary N) is 1. The predicted octanol–water partition coefficient (Wildman–Crippen LogP) is 0.512. The van der Waals surface area contributed by atoms with Crippen molar-refractivity contribution in [3.63, 3.8) is 0 Å². The summed E-state index contributed by atoms with van der Waals surface area (Å²) in [4.78, 5) is 49.5. The van der Waals surface area contributed by atoms with E-state index < -0.39 is 41.9 Å². The summed E-state index contributed by atoms with van der Waals surface area (Å²) in [5.41, 5.74) is 5.28. The van der Waals surface area contributed by atoms with Crippen LogP contribution in [-0.2, 0) is 19.1 Å². The van der Waals surface area contributed by atoms with Crippen molar-refractivity contribution in [1.82, 2.24) is 4.90 Å². The first-order valence-corrected chi connectivity index (χ1v) is 8.97. The predicted molar refractivity (Wildman–Crippen MR) is 98.7 cm³/mol. The van der Waals surface area contributed by atoms with E-state index >= 15 is 0 Å². The van der Waals surface area contributed by atoms with Gasteiger partial charge in [0.05, 0.1) is 18.3 Å². The molecule has 0 bridgehead atoms. The summed E-state index contributed by atoms with van der Waals surface area (Å²) in [6.07, 6.45) is -1.17. The van der Waals surface area contributed by atoms with Crippen LogP contribution in [0.4, 0.5) is 20.6 Å². The topological polar surface area (TPSA) is 142 Å². The lowest BCUT2D eigenvalue weighted by atomic mass is 10.1. The smallest absolute Gasteiger partial charge is 0.408 e. The number of amides is 4. The molecule has 2 aliphatic heterocycles. The van der Waals surface area contributed by atoms with Crippen LogP contribution >= 0.6 is 0 Å². The van der Waals surface area contributed by atoms with Crippen LogP contribution in [0.15, 0.2) is 18.2 Å². The molecule has 2 aliphatic rings. The molecular formula is C18H21FN4O6. The molecule has 11 heteroatoms. The summed E-state index contributed by atoms with van der Waals surface area (Å²) in [6, 6.07) is 1.79. The minimum absolute atomic E-state index is 0.0386. The minimum atomic E-state index is -1.27. The van der Waals surface area contributed by atoms with Gasteiger partial charge in [0.25, 0.3) is 0 Å². The van der Waals surface area contributed by atoms with E-state index in [9.17, 15) is 28.7 Å². The van der Waals surface area contributed by atoms with Gasteiger partial charge in [-0.3, -0.25) is 24.2 Å². The summed E-state index contributed by atoms with van der Waals surface area (Å²) in [7, 11) is 1.42. The van der Waals surface area contributed by atoms with Crippen molar-refractivity contribution >= 4 is 35.2 Å². The van der Waals surface area contributed by atoms with Gasteiger partial charge in [-0.25, -0.2) is 9.18 Å². The molecule has 156 valence electrons. The third kappa shape index (κ3) is 3.99. The van der Waals surface area contributed by atoms with Crippen LogP contribution in [0, 0.1) is 5.82 Å². The summed E-state index contributed by atoms with van der Waals surface area (Å²) in [5.74, 6) is -2.55. The highest BCUT2D eigenvalue weighted by Gasteiger charge is 2.40.